The average Bonchev–Trinajstić information content (AvgIpc) is 3.22. The van der Waals surface area contributed by atoms with Gasteiger partial charge >= 0.3 is 5.69 Å². The molecule has 4 aromatic rings. The Morgan fingerprint density at radius 1 is 1.07 bits per heavy atom. The fraction of sp³-hybridized carbons (Fsp3) is 0.238. The van der Waals surface area contributed by atoms with Crippen LogP contribution in [0.3, 0.4) is 0 Å². The first-order valence-electron chi connectivity index (χ1n) is 9.36. The Bertz CT molecular complexity index is 1290. The number of aryl methyl sites for hydroxylation is 4. The highest BCUT2D eigenvalue weighted by Gasteiger charge is 2.15. The fourth-order valence-corrected chi connectivity index (χ4v) is 3.82. The van der Waals surface area contributed by atoms with Crippen LogP contribution >= 0.6 is 15.9 Å². The largest absolute Gasteiger partial charge is 0.489 e. The molecule has 0 unspecified atom stereocenters. The summed E-state index contributed by atoms with van der Waals surface area (Å²) >= 11 is 3.56. The Morgan fingerprint density at radius 2 is 1.87 bits per heavy atom. The summed E-state index contributed by atoms with van der Waals surface area (Å²) in [6.45, 7) is 4.32. The van der Waals surface area contributed by atoms with E-state index in [-0.39, 0.29) is 12.3 Å². The van der Waals surface area contributed by atoms with Gasteiger partial charge in [-0.2, -0.15) is 14.5 Å². The van der Waals surface area contributed by atoms with E-state index in [1.807, 2.05) is 62.1 Å². The van der Waals surface area contributed by atoms with Crippen LogP contribution < -0.4 is 10.4 Å². The van der Waals surface area contributed by atoms with Gasteiger partial charge in [-0.25, -0.2) is 4.79 Å². The van der Waals surface area contributed by atoms with Gasteiger partial charge in [0.2, 0.25) is 0 Å². The van der Waals surface area contributed by atoms with Crippen molar-refractivity contribution in [2.24, 2.45) is 14.1 Å². The summed E-state index contributed by atoms with van der Waals surface area (Å²) in [7, 11) is 3.48. The first-order valence-corrected chi connectivity index (χ1v) is 10.2. The number of aromatic nitrogens is 6. The molecule has 0 radical (unpaired) electrons. The predicted molar refractivity (Wildman–Crippen MR) is 117 cm³/mol. The van der Waals surface area contributed by atoms with Gasteiger partial charge in [-0.15, -0.1) is 0 Å². The zero-order valence-corrected chi connectivity index (χ0v) is 18.7. The Labute approximate surface area is 181 Å². The Hall–Kier alpha value is -3.20. The first kappa shape index (κ1) is 20.1. The average molecular weight is 469 g/mol. The van der Waals surface area contributed by atoms with Crippen molar-refractivity contribution in [1.29, 1.82) is 0 Å². The zero-order chi connectivity index (χ0) is 21.4. The number of nitrogens with zero attached hydrogens (tertiary/aromatic N) is 6. The number of hydrogen-bond donors (Lipinski definition) is 0. The van der Waals surface area contributed by atoms with Crippen molar-refractivity contribution in [3.8, 4) is 22.7 Å². The van der Waals surface area contributed by atoms with Crippen molar-refractivity contribution in [2.75, 3.05) is 0 Å². The molecule has 154 valence electrons. The van der Waals surface area contributed by atoms with Crippen LogP contribution in [0.4, 0.5) is 0 Å². The second-order valence-electron chi connectivity index (χ2n) is 7.14. The van der Waals surface area contributed by atoms with Gasteiger partial charge < -0.3 is 4.74 Å². The molecule has 0 spiro atoms. The van der Waals surface area contributed by atoms with Crippen LogP contribution in [0, 0.1) is 13.8 Å². The molecule has 0 atom stereocenters. The Balaban J connectivity index is 1.62. The highest BCUT2D eigenvalue weighted by molar-refractivity contribution is 9.10. The SMILES string of the molecule is Cc1cc(-c2nn(C)cc2C)ccc1OCc1c(Br)cccc1-n1nnn(C)c1=O. The molecule has 0 aliphatic heterocycles. The molecule has 0 aliphatic carbocycles. The quantitative estimate of drug-likeness (QED) is 0.448. The van der Waals surface area contributed by atoms with Crippen LogP contribution in [0.2, 0.25) is 0 Å². The summed E-state index contributed by atoms with van der Waals surface area (Å²) in [5.74, 6) is 0.764. The van der Waals surface area contributed by atoms with Gasteiger partial charge in [0.05, 0.1) is 11.4 Å². The van der Waals surface area contributed by atoms with Crippen LogP contribution in [0.1, 0.15) is 16.7 Å². The summed E-state index contributed by atoms with van der Waals surface area (Å²) in [5.41, 5.74) is 5.25. The van der Waals surface area contributed by atoms with E-state index in [2.05, 4.69) is 37.5 Å². The Morgan fingerprint density at radius 3 is 2.50 bits per heavy atom. The molecule has 0 amide bonds. The molecule has 4 rings (SSSR count). The van der Waals surface area contributed by atoms with E-state index < -0.39 is 0 Å². The molecular weight excluding hydrogens is 448 g/mol. The van der Waals surface area contributed by atoms with Gasteiger partial charge in [0.1, 0.15) is 12.4 Å². The van der Waals surface area contributed by atoms with Gasteiger partial charge in [0.15, 0.2) is 0 Å². The summed E-state index contributed by atoms with van der Waals surface area (Å²) in [6.07, 6.45) is 2.00. The molecule has 0 saturated carbocycles. The summed E-state index contributed by atoms with van der Waals surface area (Å²) in [4.78, 5) is 12.3. The lowest BCUT2D eigenvalue weighted by atomic mass is 10.1. The molecule has 2 aromatic heterocycles. The third-order valence-electron chi connectivity index (χ3n) is 4.88. The summed E-state index contributed by atoms with van der Waals surface area (Å²) in [6, 6.07) is 11.6. The normalized spacial score (nSPS) is 11.1. The maximum atomic E-state index is 12.3. The van der Waals surface area contributed by atoms with E-state index in [4.69, 9.17) is 4.74 Å². The second-order valence-corrected chi connectivity index (χ2v) is 7.99. The minimum atomic E-state index is -0.319. The van der Waals surface area contributed by atoms with E-state index in [0.717, 1.165) is 38.2 Å². The molecule has 0 N–H and O–H groups in total. The van der Waals surface area contributed by atoms with Crippen molar-refractivity contribution in [3.05, 3.63) is 74.2 Å². The third-order valence-corrected chi connectivity index (χ3v) is 5.62. The molecule has 2 aromatic carbocycles. The number of ether oxygens (including phenoxy) is 1. The van der Waals surface area contributed by atoms with Crippen LogP contribution in [0.25, 0.3) is 16.9 Å². The second kappa shape index (κ2) is 7.91. The molecular formula is C21H21BrN6O2. The van der Waals surface area contributed by atoms with Crippen LogP contribution in [-0.2, 0) is 20.7 Å². The Kier molecular flexibility index (Phi) is 5.29. The third kappa shape index (κ3) is 3.68. The van der Waals surface area contributed by atoms with Crippen molar-refractivity contribution in [1.82, 2.24) is 29.6 Å². The number of rotatable bonds is 5. The lowest BCUT2D eigenvalue weighted by molar-refractivity contribution is 0.302. The standard InChI is InChI=1S/C21H21BrN6O2/c1-13-10-15(20-14(2)11-26(3)23-20)8-9-19(13)30-12-16-17(22)6-5-7-18(16)28-21(29)27(4)24-25-28/h5-11H,12H2,1-4H3. The van der Waals surface area contributed by atoms with Gasteiger partial charge in [0.25, 0.3) is 0 Å². The monoisotopic (exact) mass is 468 g/mol. The highest BCUT2D eigenvalue weighted by atomic mass is 79.9. The van der Waals surface area contributed by atoms with Crippen LogP contribution in [0.5, 0.6) is 5.75 Å². The van der Waals surface area contributed by atoms with Gasteiger partial charge in [-0.3, -0.25) is 4.68 Å². The minimum Gasteiger partial charge on any atom is -0.489 e. The molecule has 0 fully saturated rings. The zero-order valence-electron chi connectivity index (χ0n) is 17.1. The molecule has 30 heavy (non-hydrogen) atoms. The van der Waals surface area contributed by atoms with Gasteiger partial charge in [0, 0.05) is 35.9 Å². The number of halogens is 1. The maximum Gasteiger partial charge on any atom is 0.368 e. The van der Waals surface area contributed by atoms with Crippen LogP contribution in [-0.4, -0.2) is 29.6 Å². The van der Waals surface area contributed by atoms with Crippen molar-refractivity contribution in [3.63, 3.8) is 0 Å². The van der Waals surface area contributed by atoms with E-state index in [9.17, 15) is 4.79 Å². The number of benzene rings is 2. The summed E-state index contributed by atoms with van der Waals surface area (Å²) in [5, 5.41) is 12.3. The van der Waals surface area contributed by atoms with Crippen molar-refractivity contribution < 1.29 is 4.74 Å². The highest BCUT2D eigenvalue weighted by Crippen LogP contribution is 2.29. The maximum absolute atomic E-state index is 12.3. The minimum absolute atomic E-state index is 0.266. The van der Waals surface area contributed by atoms with E-state index in [1.165, 1.54) is 9.36 Å². The predicted octanol–water partition coefficient (Wildman–Crippen LogP) is 3.32. The van der Waals surface area contributed by atoms with Crippen molar-refractivity contribution in [2.45, 2.75) is 20.5 Å². The molecule has 0 saturated heterocycles. The number of tetrazole rings is 1. The number of hydrogen-bond acceptors (Lipinski definition) is 5. The lowest BCUT2D eigenvalue weighted by Gasteiger charge is -2.14. The smallest absolute Gasteiger partial charge is 0.368 e. The molecule has 2 heterocycles. The van der Waals surface area contributed by atoms with Gasteiger partial charge in [-0.05, 0) is 65.7 Å². The lowest BCUT2D eigenvalue weighted by Crippen LogP contribution is -2.23. The van der Waals surface area contributed by atoms with E-state index >= 15 is 0 Å². The topological polar surface area (TPSA) is 79.8 Å². The molecule has 8 nitrogen and oxygen atoms in total. The summed E-state index contributed by atoms with van der Waals surface area (Å²) < 4.78 is 11.2. The van der Waals surface area contributed by atoms with E-state index in [0.29, 0.717) is 5.69 Å². The van der Waals surface area contributed by atoms with E-state index in [1.54, 1.807) is 7.05 Å². The molecule has 0 aliphatic rings. The fourth-order valence-electron chi connectivity index (χ4n) is 3.35. The van der Waals surface area contributed by atoms with Gasteiger partial charge in [-0.1, -0.05) is 22.0 Å². The molecule has 0 bridgehead atoms. The van der Waals surface area contributed by atoms with Crippen LogP contribution in [0.15, 0.2) is 51.9 Å². The van der Waals surface area contributed by atoms with Crippen molar-refractivity contribution >= 4 is 15.9 Å². The molecule has 9 heteroatoms. The first-order chi connectivity index (χ1) is 14.3.